The van der Waals surface area contributed by atoms with E-state index in [9.17, 15) is 15.2 Å². The molecule has 21 heavy (non-hydrogen) atoms. The molecule has 2 rings (SSSR count). The third-order valence-electron chi connectivity index (χ3n) is 3.39. The zero-order valence-corrected chi connectivity index (χ0v) is 11.8. The van der Waals surface area contributed by atoms with E-state index in [1.54, 1.807) is 24.3 Å². The minimum absolute atomic E-state index is 0.00506. The molecule has 5 nitrogen and oxygen atoms in total. The van der Waals surface area contributed by atoms with Crippen LogP contribution in [0.2, 0.25) is 0 Å². The second-order valence-corrected chi connectivity index (χ2v) is 4.83. The van der Waals surface area contributed by atoms with Gasteiger partial charge in [-0.2, -0.15) is 0 Å². The average Bonchev–Trinajstić information content (AvgIpc) is 2.50. The number of phenolic OH excluding ortho intramolecular Hbond substituents is 1. The zero-order chi connectivity index (χ0) is 15.2. The summed E-state index contributed by atoms with van der Waals surface area (Å²) in [6.45, 7) is 2.53. The molecule has 0 spiro atoms. The Morgan fingerprint density at radius 3 is 2.67 bits per heavy atom. The number of hydrogen-bond acceptors (Lipinski definition) is 4. The fourth-order valence-corrected chi connectivity index (χ4v) is 2.28. The van der Waals surface area contributed by atoms with Gasteiger partial charge in [-0.3, -0.25) is 10.1 Å². The van der Waals surface area contributed by atoms with Crippen LogP contribution in [0.15, 0.2) is 48.5 Å². The summed E-state index contributed by atoms with van der Waals surface area (Å²) in [5, 5.41) is 24.0. The maximum atomic E-state index is 10.8. The van der Waals surface area contributed by atoms with Crippen LogP contribution in [0.5, 0.6) is 5.75 Å². The van der Waals surface area contributed by atoms with Crippen molar-refractivity contribution >= 4 is 5.69 Å². The van der Waals surface area contributed by atoms with Crippen molar-refractivity contribution in [3.05, 3.63) is 69.8 Å². The second-order valence-electron chi connectivity index (χ2n) is 4.83. The van der Waals surface area contributed by atoms with Crippen LogP contribution in [-0.2, 0) is 6.54 Å². The first-order chi connectivity index (χ1) is 10.1. The highest BCUT2D eigenvalue weighted by Crippen LogP contribution is 2.26. The number of nitro groups is 1. The van der Waals surface area contributed by atoms with Crippen LogP contribution in [0.1, 0.15) is 30.5 Å². The summed E-state index contributed by atoms with van der Waals surface area (Å²) in [7, 11) is 0. The summed E-state index contributed by atoms with van der Waals surface area (Å²) in [6.07, 6.45) is 0.812. The molecule has 0 saturated heterocycles. The molecule has 0 amide bonds. The Labute approximate surface area is 123 Å². The lowest BCUT2D eigenvalue weighted by molar-refractivity contribution is -0.384. The predicted octanol–water partition coefficient (Wildman–Crippen LogP) is 3.54. The van der Waals surface area contributed by atoms with Gasteiger partial charge in [-0.15, -0.1) is 0 Å². The van der Waals surface area contributed by atoms with Crippen LogP contribution in [-0.4, -0.2) is 10.0 Å². The van der Waals surface area contributed by atoms with Crippen molar-refractivity contribution in [3.8, 4) is 5.75 Å². The molecular formula is C16H18N2O3. The number of nitrogens with zero attached hydrogens (tertiary/aromatic N) is 1. The van der Waals surface area contributed by atoms with Gasteiger partial charge in [0.2, 0.25) is 0 Å². The SMILES string of the molecule is CCC(NCc1cccc([N+](=O)[O-])c1)c1ccccc1O. The monoisotopic (exact) mass is 286 g/mol. The van der Waals surface area contributed by atoms with Crippen molar-refractivity contribution in [3.63, 3.8) is 0 Å². The van der Waals surface area contributed by atoms with E-state index >= 15 is 0 Å². The van der Waals surface area contributed by atoms with Crippen molar-refractivity contribution < 1.29 is 10.0 Å². The smallest absolute Gasteiger partial charge is 0.269 e. The first-order valence-corrected chi connectivity index (χ1v) is 6.86. The summed E-state index contributed by atoms with van der Waals surface area (Å²) in [5.41, 5.74) is 1.77. The average molecular weight is 286 g/mol. The van der Waals surface area contributed by atoms with Crippen LogP contribution in [0, 0.1) is 10.1 Å². The van der Waals surface area contributed by atoms with Crippen LogP contribution < -0.4 is 5.32 Å². The number of rotatable bonds is 6. The maximum Gasteiger partial charge on any atom is 0.269 e. The number of benzene rings is 2. The lowest BCUT2D eigenvalue weighted by atomic mass is 10.0. The van der Waals surface area contributed by atoms with E-state index in [0.29, 0.717) is 6.54 Å². The summed E-state index contributed by atoms with van der Waals surface area (Å²) in [5.74, 6) is 0.260. The highest BCUT2D eigenvalue weighted by Gasteiger charge is 2.13. The van der Waals surface area contributed by atoms with Gasteiger partial charge in [0.15, 0.2) is 0 Å². The summed E-state index contributed by atoms with van der Waals surface area (Å²) >= 11 is 0. The van der Waals surface area contributed by atoms with Gasteiger partial charge in [-0.1, -0.05) is 37.3 Å². The molecule has 5 heteroatoms. The standard InChI is InChI=1S/C16H18N2O3/c1-2-15(14-8-3-4-9-16(14)19)17-11-12-6-5-7-13(10-12)18(20)21/h3-10,15,17,19H,2,11H2,1H3. The van der Waals surface area contributed by atoms with E-state index in [-0.39, 0.29) is 17.5 Å². The fraction of sp³-hybridized carbons (Fsp3) is 0.250. The van der Waals surface area contributed by atoms with E-state index in [1.807, 2.05) is 25.1 Å². The molecule has 0 aromatic heterocycles. The lowest BCUT2D eigenvalue weighted by Gasteiger charge is -2.18. The Balaban J connectivity index is 2.09. The summed E-state index contributed by atoms with van der Waals surface area (Å²) < 4.78 is 0. The van der Waals surface area contributed by atoms with Crippen LogP contribution in [0.3, 0.4) is 0 Å². The number of nitro benzene ring substituents is 1. The van der Waals surface area contributed by atoms with Gasteiger partial charge in [0.1, 0.15) is 5.75 Å². The molecule has 0 heterocycles. The fourth-order valence-electron chi connectivity index (χ4n) is 2.28. The summed E-state index contributed by atoms with van der Waals surface area (Å²) in [6, 6.07) is 13.8. The number of hydrogen-bond donors (Lipinski definition) is 2. The number of para-hydroxylation sites is 1. The van der Waals surface area contributed by atoms with Gasteiger partial charge < -0.3 is 10.4 Å². The largest absolute Gasteiger partial charge is 0.508 e. The Morgan fingerprint density at radius 2 is 2.00 bits per heavy atom. The number of non-ortho nitro benzene ring substituents is 1. The highest BCUT2D eigenvalue weighted by atomic mass is 16.6. The van der Waals surface area contributed by atoms with Gasteiger partial charge in [0, 0.05) is 30.3 Å². The van der Waals surface area contributed by atoms with Gasteiger partial charge in [0.25, 0.3) is 5.69 Å². The first-order valence-electron chi connectivity index (χ1n) is 6.86. The number of phenols is 1. The van der Waals surface area contributed by atoms with Gasteiger partial charge in [0.05, 0.1) is 4.92 Å². The van der Waals surface area contributed by atoms with Crippen LogP contribution in [0.25, 0.3) is 0 Å². The van der Waals surface area contributed by atoms with Gasteiger partial charge >= 0.3 is 0 Å². The minimum Gasteiger partial charge on any atom is -0.508 e. The highest BCUT2D eigenvalue weighted by molar-refractivity contribution is 5.36. The van der Waals surface area contributed by atoms with E-state index in [4.69, 9.17) is 0 Å². The predicted molar refractivity (Wildman–Crippen MR) is 81.1 cm³/mol. The van der Waals surface area contributed by atoms with Crippen molar-refractivity contribution in [2.75, 3.05) is 0 Å². The Morgan fingerprint density at radius 1 is 1.24 bits per heavy atom. The van der Waals surface area contributed by atoms with Crippen LogP contribution >= 0.6 is 0 Å². The summed E-state index contributed by atoms with van der Waals surface area (Å²) in [4.78, 5) is 10.4. The molecule has 1 unspecified atom stereocenters. The molecule has 1 atom stereocenters. The molecule has 0 fully saturated rings. The first kappa shape index (κ1) is 15.0. The molecule has 0 aliphatic rings. The molecule has 0 aliphatic heterocycles. The van der Waals surface area contributed by atoms with E-state index in [0.717, 1.165) is 17.5 Å². The molecule has 2 N–H and O–H groups in total. The molecule has 2 aromatic rings. The van der Waals surface area contributed by atoms with E-state index < -0.39 is 4.92 Å². The molecule has 2 aromatic carbocycles. The Bertz CT molecular complexity index is 628. The Hall–Kier alpha value is -2.40. The molecule has 0 aliphatic carbocycles. The third-order valence-corrected chi connectivity index (χ3v) is 3.39. The topological polar surface area (TPSA) is 75.4 Å². The Kier molecular flexibility index (Phi) is 4.90. The van der Waals surface area contributed by atoms with Gasteiger partial charge in [-0.25, -0.2) is 0 Å². The van der Waals surface area contributed by atoms with E-state index in [1.165, 1.54) is 6.07 Å². The molecule has 110 valence electrons. The zero-order valence-electron chi connectivity index (χ0n) is 11.8. The lowest BCUT2D eigenvalue weighted by Crippen LogP contribution is -2.20. The quantitative estimate of drug-likeness (QED) is 0.629. The van der Waals surface area contributed by atoms with Crippen molar-refractivity contribution in [2.45, 2.75) is 25.9 Å². The number of nitrogens with one attached hydrogen (secondary N) is 1. The molecule has 0 saturated carbocycles. The molecule has 0 radical (unpaired) electrons. The van der Waals surface area contributed by atoms with Crippen LogP contribution in [0.4, 0.5) is 5.69 Å². The minimum atomic E-state index is -0.399. The van der Waals surface area contributed by atoms with Crippen molar-refractivity contribution in [2.24, 2.45) is 0 Å². The molecular weight excluding hydrogens is 268 g/mol. The molecule has 0 bridgehead atoms. The third kappa shape index (κ3) is 3.79. The normalized spacial score (nSPS) is 12.0. The maximum absolute atomic E-state index is 10.8. The van der Waals surface area contributed by atoms with Gasteiger partial charge in [-0.05, 0) is 18.1 Å². The van der Waals surface area contributed by atoms with Crippen molar-refractivity contribution in [1.29, 1.82) is 0 Å². The van der Waals surface area contributed by atoms with Crippen molar-refractivity contribution in [1.82, 2.24) is 5.32 Å². The second kappa shape index (κ2) is 6.85. The number of aromatic hydroxyl groups is 1. The van der Waals surface area contributed by atoms with E-state index in [2.05, 4.69) is 5.32 Å².